The Balaban J connectivity index is 1.85. The molecule has 112 valence electrons. The van der Waals surface area contributed by atoms with Crippen molar-refractivity contribution in [2.75, 3.05) is 26.4 Å². The van der Waals surface area contributed by atoms with Crippen LogP contribution in [0.4, 0.5) is 0 Å². The van der Waals surface area contributed by atoms with Gasteiger partial charge in [-0.15, -0.1) is 16.9 Å². The molecular formula is C14H24N4O2. The molecule has 1 unspecified atom stereocenters. The van der Waals surface area contributed by atoms with Crippen molar-refractivity contribution in [3.05, 3.63) is 12.4 Å². The molecule has 0 aliphatic heterocycles. The second kappa shape index (κ2) is 11.4. The zero-order chi connectivity index (χ0) is 14.5. The first-order valence-corrected chi connectivity index (χ1v) is 6.97. The predicted molar refractivity (Wildman–Crippen MR) is 76.9 cm³/mol. The van der Waals surface area contributed by atoms with E-state index >= 15 is 0 Å². The number of hydrogen-bond acceptors (Lipinski definition) is 5. The number of aromatic nitrogens is 3. The van der Waals surface area contributed by atoms with E-state index in [1.165, 1.54) is 0 Å². The fraction of sp³-hybridized carbons (Fsp3) is 0.714. The molecule has 1 atom stereocenters. The molecule has 0 radical (unpaired) electrons. The Kier molecular flexibility index (Phi) is 9.49. The van der Waals surface area contributed by atoms with Crippen LogP contribution < -0.4 is 5.73 Å². The van der Waals surface area contributed by atoms with Crippen LogP contribution in [-0.4, -0.2) is 47.5 Å². The summed E-state index contributed by atoms with van der Waals surface area (Å²) in [6, 6.07) is -0.0550. The lowest BCUT2D eigenvalue weighted by Gasteiger charge is -2.11. The largest absolute Gasteiger partial charge is 0.380 e. The van der Waals surface area contributed by atoms with Crippen molar-refractivity contribution in [1.29, 1.82) is 0 Å². The molecule has 20 heavy (non-hydrogen) atoms. The first-order valence-electron chi connectivity index (χ1n) is 6.97. The molecule has 0 amide bonds. The van der Waals surface area contributed by atoms with E-state index in [0.717, 1.165) is 25.9 Å². The van der Waals surface area contributed by atoms with Crippen LogP contribution in [-0.2, 0) is 16.0 Å². The zero-order valence-electron chi connectivity index (χ0n) is 12.1. The molecule has 0 fully saturated rings. The standard InChI is InChI=1S/C14H24N4O2/c1-2-3-4-9-19-10-5-6-11-20-13-14(15)12-18-8-7-16-17-18/h7-8,14H,4-6,9-13,15H2,1H3. The Bertz CT molecular complexity index is 384. The third-order valence-corrected chi connectivity index (χ3v) is 2.60. The normalized spacial score (nSPS) is 11.9. The molecule has 0 aliphatic rings. The summed E-state index contributed by atoms with van der Waals surface area (Å²) in [7, 11) is 0. The second-order valence-corrected chi connectivity index (χ2v) is 4.46. The third kappa shape index (κ3) is 8.64. The van der Waals surface area contributed by atoms with Gasteiger partial charge in [-0.2, -0.15) is 0 Å². The Morgan fingerprint density at radius 2 is 2.05 bits per heavy atom. The van der Waals surface area contributed by atoms with E-state index in [1.807, 2.05) is 6.92 Å². The molecule has 1 rings (SSSR count). The number of nitrogens with two attached hydrogens (primary N) is 1. The van der Waals surface area contributed by atoms with Crippen molar-refractivity contribution in [3.63, 3.8) is 0 Å². The fourth-order valence-electron chi connectivity index (χ4n) is 1.62. The zero-order valence-corrected chi connectivity index (χ0v) is 12.1. The predicted octanol–water partition coefficient (Wildman–Crippen LogP) is 0.832. The van der Waals surface area contributed by atoms with Crippen LogP contribution in [0.25, 0.3) is 0 Å². The van der Waals surface area contributed by atoms with Crippen LogP contribution in [0.15, 0.2) is 12.4 Å². The van der Waals surface area contributed by atoms with E-state index < -0.39 is 0 Å². The molecule has 0 saturated heterocycles. The van der Waals surface area contributed by atoms with Gasteiger partial charge >= 0.3 is 0 Å². The Hall–Kier alpha value is -1.42. The van der Waals surface area contributed by atoms with E-state index in [-0.39, 0.29) is 6.04 Å². The number of rotatable bonds is 11. The quantitative estimate of drug-likeness (QED) is 0.480. The van der Waals surface area contributed by atoms with E-state index in [0.29, 0.717) is 26.4 Å². The maximum Gasteiger partial charge on any atom is 0.0692 e. The second-order valence-electron chi connectivity index (χ2n) is 4.46. The van der Waals surface area contributed by atoms with Crippen molar-refractivity contribution in [3.8, 4) is 11.8 Å². The van der Waals surface area contributed by atoms with Gasteiger partial charge in [0, 0.05) is 31.9 Å². The van der Waals surface area contributed by atoms with Gasteiger partial charge in [-0.25, -0.2) is 0 Å². The maximum atomic E-state index is 5.92. The van der Waals surface area contributed by atoms with E-state index in [9.17, 15) is 0 Å². The average Bonchev–Trinajstić information content (AvgIpc) is 2.93. The number of hydrogen-bond donors (Lipinski definition) is 1. The highest BCUT2D eigenvalue weighted by atomic mass is 16.5. The number of unbranched alkanes of at least 4 members (excludes halogenated alkanes) is 1. The fourth-order valence-corrected chi connectivity index (χ4v) is 1.62. The van der Waals surface area contributed by atoms with Gasteiger partial charge in [0.15, 0.2) is 0 Å². The van der Waals surface area contributed by atoms with Gasteiger partial charge in [0.05, 0.1) is 26.0 Å². The molecule has 6 nitrogen and oxygen atoms in total. The molecule has 0 spiro atoms. The van der Waals surface area contributed by atoms with Crippen LogP contribution >= 0.6 is 0 Å². The summed E-state index contributed by atoms with van der Waals surface area (Å²) in [5, 5.41) is 7.59. The molecule has 0 bridgehead atoms. The van der Waals surface area contributed by atoms with Gasteiger partial charge in [-0.3, -0.25) is 4.68 Å². The van der Waals surface area contributed by atoms with Crippen LogP contribution in [0.1, 0.15) is 26.2 Å². The molecule has 0 saturated carbocycles. The molecule has 0 aliphatic carbocycles. The molecule has 1 heterocycles. The van der Waals surface area contributed by atoms with Gasteiger partial charge < -0.3 is 15.2 Å². The van der Waals surface area contributed by atoms with E-state index in [4.69, 9.17) is 15.2 Å². The third-order valence-electron chi connectivity index (χ3n) is 2.60. The minimum atomic E-state index is -0.0550. The lowest BCUT2D eigenvalue weighted by Crippen LogP contribution is -2.31. The van der Waals surface area contributed by atoms with Crippen molar-refractivity contribution in [1.82, 2.24) is 15.0 Å². The maximum absolute atomic E-state index is 5.92. The summed E-state index contributed by atoms with van der Waals surface area (Å²) in [5.41, 5.74) is 5.92. The molecule has 2 N–H and O–H groups in total. The smallest absolute Gasteiger partial charge is 0.0692 e. The SMILES string of the molecule is CC#CCCOCCCCOCC(N)Cn1ccnn1. The lowest BCUT2D eigenvalue weighted by molar-refractivity contribution is 0.0951. The topological polar surface area (TPSA) is 75.2 Å². The van der Waals surface area contributed by atoms with Crippen molar-refractivity contribution in [2.24, 2.45) is 5.73 Å². The molecular weight excluding hydrogens is 256 g/mol. The monoisotopic (exact) mass is 280 g/mol. The van der Waals surface area contributed by atoms with Crippen LogP contribution in [0.5, 0.6) is 0 Å². The summed E-state index contributed by atoms with van der Waals surface area (Å²) in [4.78, 5) is 0. The van der Waals surface area contributed by atoms with Crippen LogP contribution in [0.3, 0.4) is 0 Å². The van der Waals surface area contributed by atoms with Gasteiger partial charge in [0.2, 0.25) is 0 Å². The first kappa shape index (κ1) is 16.6. The van der Waals surface area contributed by atoms with Gasteiger partial charge in [-0.1, -0.05) is 5.21 Å². The molecule has 1 aromatic rings. The molecule has 1 aromatic heterocycles. The van der Waals surface area contributed by atoms with Gasteiger partial charge in [0.1, 0.15) is 0 Å². The highest BCUT2D eigenvalue weighted by Gasteiger charge is 2.04. The van der Waals surface area contributed by atoms with Crippen LogP contribution in [0.2, 0.25) is 0 Å². The lowest BCUT2D eigenvalue weighted by atomic mass is 10.3. The average molecular weight is 280 g/mol. The van der Waals surface area contributed by atoms with Crippen LogP contribution in [0, 0.1) is 11.8 Å². The number of nitrogens with zero attached hydrogens (tertiary/aromatic N) is 3. The minimum absolute atomic E-state index is 0.0550. The number of ether oxygens (including phenoxy) is 2. The van der Waals surface area contributed by atoms with Crippen molar-refractivity contribution < 1.29 is 9.47 Å². The summed E-state index contributed by atoms with van der Waals surface area (Å²) in [5.74, 6) is 5.81. The highest BCUT2D eigenvalue weighted by Crippen LogP contribution is 1.94. The Morgan fingerprint density at radius 1 is 1.25 bits per heavy atom. The van der Waals surface area contributed by atoms with E-state index in [1.54, 1.807) is 17.1 Å². The Morgan fingerprint density at radius 3 is 2.75 bits per heavy atom. The van der Waals surface area contributed by atoms with E-state index in [2.05, 4.69) is 22.2 Å². The van der Waals surface area contributed by atoms with Gasteiger partial charge in [-0.05, 0) is 19.8 Å². The highest BCUT2D eigenvalue weighted by molar-refractivity contribution is 4.94. The van der Waals surface area contributed by atoms with Gasteiger partial charge in [0.25, 0.3) is 0 Å². The van der Waals surface area contributed by atoms with Crippen molar-refractivity contribution in [2.45, 2.75) is 38.8 Å². The van der Waals surface area contributed by atoms with Crippen molar-refractivity contribution >= 4 is 0 Å². The molecule has 6 heteroatoms. The summed E-state index contributed by atoms with van der Waals surface area (Å²) < 4.78 is 12.7. The first-order chi connectivity index (χ1) is 9.83. The summed E-state index contributed by atoms with van der Waals surface area (Å²) >= 11 is 0. The Labute approximate surface area is 120 Å². The summed E-state index contributed by atoms with van der Waals surface area (Å²) in [6.45, 7) is 5.19. The molecule has 0 aromatic carbocycles. The summed E-state index contributed by atoms with van der Waals surface area (Å²) in [6.07, 6.45) is 6.22. The minimum Gasteiger partial charge on any atom is -0.380 e.